The molecule has 1 atom stereocenters. The highest BCUT2D eigenvalue weighted by molar-refractivity contribution is 7.92. The lowest BCUT2D eigenvalue weighted by Gasteiger charge is -2.23. The zero-order chi connectivity index (χ0) is 15.4. The van der Waals surface area contributed by atoms with Gasteiger partial charge in [-0.1, -0.05) is 6.07 Å². The van der Waals surface area contributed by atoms with Crippen LogP contribution in [0.25, 0.3) is 0 Å². The van der Waals surface area contributed by atoms with Crippen LogP contribution >= 0.6 is 0 Å². The number of anilines is 1. The van der Waals surface area contributed by atoms with Gasteiger partial charge in [-0.25, -0.2) is 12.8 Å². The summed E-state index contributed by atoms with van der Waals surface area (Å²) in [6.45, 7) is 4.00. The minimum atomic E-state index is -3.55. The topological polar surface area (TPSA) is 72.5 Å². The number of benzene rings is 1. The molecule has 0 saturated carbocycles. The maximum absolute atomic E-state index is 13.9. The summed E-state index contributed by atoms with van der Waals surface area (Å²) < 4.78 is 43.3. The Morgan fingerprint density at radius 3 is 2.55 bits per heavy atom. The lowest BCUT2D eigenvalue weighted by Crippen LogP contribution is -2.30. The Bertz CT molecular complexity index is 588. The van der Waals surface area contributed by atoms with Crippen LogP contribution in [-0.2, 0) is 25.0 Å². The first-order valence-corrected chi connectivity index (χ1v) is 7.93. The van der Waals surface area contributed by atoms with E-state index in [1.165, 1.54) is 12.1 Å². The molecule has 5 nitrogen and oxygen atoms in total. The summed E-state index contributed by atoms with van der Waals surface area (Å²) in [4.78, 5) is 11.2. The van der Waals surface area contributed by atoms with E-state index in [1.54, 1.807) is 13.8 Å². The first kappa shape index (κ1) is 16.6. The largest absolute Gasteiger partial charge is 0.380 e. The number of carbonyl (C=O) groups excluding carboxylic acids is 1. The number of halogens is 1. The van der Waals surface area contributed by atoms with E-state index in [0.717, 1.165) is 12.3 Å². The van der Waals surface area contributed by atoms with Crippen molar-refractivity contribution in [2.75, 3.05) is 24.2 Å². The third-order valence-corrected chi connectivity index (χ3v) is 3.38. The standard InChI is InChI=1S/C13H18FNO4S/c1-4-19-9-13(2,8-16)10-5-6-12(11(14)7-10)15-20(3,17)18/h5-8,15H,4,9H2,1-3H3. The van der Waals surface area contributed by atoms with Crippen molar-refractivity contribution in [3.8, 4) is 0 Å². The number of ether oxygens (including phenoxy) is 1. The molecular formula is C13H18FNO4S. The molecule has 0 aromatic heterocycles. The lowest BCUT2D eigenvalue weighted by atomic mass is 9.85. The summed E-state index contributed by atoms with van der Waals surface area (Å²) in [5, 5.41) is 0. The van der Waals surface area contributed by atoms with Crippen molar-refractivity contribution in [3.63, 3.8) is 0 Å². The van der Waals surface area contributed by atoms with Crippen LogP contribution in [-0.4, -0.2) is 34.2 Å². The van der Waals surface area contributed by atoms with Gasteiger partial charge in [-0.3, -0.25) is 4.72 Å². The van der Waals surface area contributed by atoms with Crippen LogP contribution < -0.4 is 4.72 Å². The smallest absolute Gasteiger partial charge is 0.229 e. The zero-order valence-electron chi connectivity index (χ0n) is 11.6. The normalized spacial score (nSPS) is 14.6. The summed E-state index contributed by atoms with van der Waals surface area (Å²) >= 11 is 0. The van der Waals surface area contributed by atoms with Crippen LogP contribution in [0.4, 0.5) is 10.1 Å². The van der Waals surface area contributed by atoms with E-state index in [2.05, 4.69) is 4.72 Å². The van der Waals surface area contributed by atoms with E-state index in [4.69, 9.17) is 4.74 Å². The predicted molar refractivity (Wildman–Crippen MR) is 74.8 cm³/mol. The maximum atomic E-state index is 13.9. The van der Waals surface area contributed by atoms with Gasteiger partial charge in [0.25, 0.3) is 0 Å². The predicted octanol–water partition coefficient (Wildman–Crippen LogP) is 1.69. The number of aldehydes is 1. The SMILES string of the molecule is CCOCC(C)(C=O)c1ccc(NS(C)(=O)=O)c(F)c1. The van der Waals surface area contributed by atoms with Crippen LogP contribution in [0.1, 0.15) is 19.4 Å². The van der Waals surface area contributed by atoms with Crippen molar-refractivity contribution in [2.24, 2.45) is 0 Å². The van der Waals surface area contributed by atoms with E-state index in [1.807, 2.05) is 0 Å². The first-order chi connectivity index (χ1) is 9.22. The van der Waals surface area contributed by atoms with Gasteiger partial charge in [0.15, 0.2) is 0 Å². The fraction of sp³-hybridized carbons (Fsp3) is 0.462. The van der Waals surface area contributed by atoms with Crippen molar-refractivity contribution >= 4 is 22.0 Å². The Morgan fingerprint density at radius 2 is 2.10 bits per heavy atom. The molecule has 7 heteroatoms. The number of rotatable bonds is 7. The summed E-state index contributed by atoms with van der Waals surface area (Å²) in [5.41, 5.74) is -0.695. The fourth-order valence-electron chi connectivity index (χ4n) is 1.65. The summed E-state index contributed by atoms with van der Waals surface area (Å²) in [7, 11) is -3.55. The van der Waals surface area contributed by atoms with Crippen molar-refractivity contribution in [1.29, 1.82) is 0 Å². The highest BCUT2D eigenvalue weighted by Crippen LogP contribution is 2.26. The second-order valence-electron chi connectivity index (χ2n) is 4.74. The van der Waals surface area contributed by atoms with Crippen molar-refractivity contribution < 1.29 is 22.3 Å². The minimum Gasteiger partial charge on any atom is -0.380 e. The van der Waals surface area contributed by atoms with Crippen LogP contribution in [0.15, 0.2) is 18.2 Å². The summed E-state index contributed by atoms with van der Waals surface area (Å²) in [6.07, 6.45) is 1.63. The summed E-state index contributed by atoms with van der Waals surface area (Å²) in [6, 6.07) is 3.93. The molecule has 112 valence electrons. The number of hydrogen-bond donors (Lipinski definition) is 1. The Balaban J connectivity index is 3.10. The molecule has 20 heavy (non-hydrogen) atoms. The molecule has 0 radical (unpaired) electrons. The molecule has 0 spiro atoms. The molecule has 0 fully saturated rings. The van der Waals surface area contributed by atoms with Gasteiger partial charge in [0, 0.05) is 6.61 Å². The average molecular weight is 303 g/mol. The Hall–Kier alpha value is -1.47. The molecule has 1 aromatic carbocycles. The molecule has 1 N–H and O–H groups in total. The van der Waals surface area contributed by atoms with Gasteiger partial charge in [0.1, 0.15) is 12.1 Å². The Kier molecular flexibility index (Phi) is 5.24. The van der Waals surface area contributed by atoms with Gasteiger partial charge in [-0.2, -0.15) is 0 Å². The van der Waals surface area contributed by atoms with Gasteiger partial charge in [0.05, 0.1) is 24.0 Å². The van der Waals surface area contributed by atoms with Crippen LogP contribution in [0, 0.1) is 5.82 Å². The summed E-state index contributed by atoms with van der Waals surface area (Å²) in [5.74, 6) is -0.738. The van der Waals surface area contributed by atoms with Gasteiger partial charge in [0.2, 0.25) is 10.0 Å². The monoisotopic (exact) mass is 303 g/mol. The molecule has 0 saturated heterocycles. The van der Waals surface area contributed by atoms with Gasteiger partial charge in [-0.05, 0) is 31.5 Å². The van der Waals surface area contributed by atoms with Crippen molar-refractivity contribution in [3.05, 3.63) is 29.6 Å². The molecule has 0 aliphatic rings. The number of nitrogens with one attached hydrogen (secondary N) is 1. The highest BCUT2D eigenvalue weighted by Gasteiger charge is 2.27. The molecule has 1 unspecified atom stereocenters. The van der Waals surface area contributed by atoms with E-state index < -0.39 is 21.3 Å². The maximum Gasteiger partial charge on any atom is 0.229 e. The zero-order valence-corrected chi connectivity index (χ0v) is 12.5. The molecule has 0 aliphatic carbocycles. The van der Waals surface area contributed by atoms with Crippen LogP contribution in [0.3, 0.4) is 0 Å². The van der Waals surface area contributed by atoms with Crippen molar-refractivity contribution in [2.45, 2.75) is 19.3 Å². The highest BCUT2D eigenvalue weighted by atomic mass is 32.2. The van der Waals surface area contributed by atoms with Crippen molar-refractivity contribution in [1.82, 2.24) is 0 Å². The molecule has 1 aromatic rings. The number of sulfonamides is 1. The molecule has 1 rings (SSSR count). The number of carbonyl (C=O) groups is 1. The first-order valence-electron chi connectivity index (χ1n) is 6.04. The van der Waals surface area contributed by atoms with Gasteiger partial charge in [-0.15, -0.1) is 0 Å². The average Bonchev–Trinajstić information content (AvgIpc) is 2.37. The van der Waals surface area contributed by atoms with E-state index >= 15 is 0 Å². The molecule has 0 bridgehead atoms. The number of hydrogen-bond acceptors (Lipinski definition) is 4. The third-order valence-electron chi connectivity index (χ3n) is 2.79. The van der Waals surface area contributed by atoms with E-state index in [9.17, 15) is 17.6 Å². The Labute approximate surface area is 118 Å². The second kappa shape index (κ2) is 6.32. The van der Waals surface area contributed by atoms with E-state index in [-0.39, 0.29) is 12.3 Å². The van der Waals surface area contributed by atoms with Crippen LogP contribution in [0.5, 0.6) is 0 Å². The quantitative estimate of drug-likeness (QED) is 0.778. The van der Waals surface area contributed by atoms with Crippen LogP contribution in [0.2, 0.25) is 0 Å². The third kappa shape index (κ3) is 4.28. The van der Waals surface area contributed by atoms with E-state index in [0.29, 0.717) is 18.5 Å². The fourth-order valence-corrected chi connectivity index (χ4v) is 2.22. The van der Waals surface area contributed by atoms with Gasteiger partial charge < -0.3 is 9.53 Å². The Morgan fingerprint density at radius 1 is 1.45 bits per heavy atom. The molecule has 0 heterocycles. The molecule has 0 aliphatic heterocycles. The van der Waals surface area contributed by atoms with Gasteiger partial charge >= 0.3 is 0 Å². The lowest BCUT2D eigenvalue weighted by molar-refractivity contribution is -0.114. The second-order valence-corrected chi connectivity index (χ2v) is 6.49. The molecular weight excluding hydrogens is 285 g/mol. The molecule has 0 amide bonds. The minimum absolute atomic E-state index is 0.130.